The highest BCUT2D eigenvalue weighted by atomic mass is 16.2. The molecule has 5 nitrogen and oxygen atoms in total. The van der Waals surface area contributed by atoms with Crippen molar-refractivity contribution in [1.29, 1.82) is 0 Å². The van der Waals surface area contributed by atoms with E-state index in [0.717, 1.165) is 31.4 Å². The summed E-state index contributed by atoms with van der Waals surface area (Å²) in [5.74, 6) is -0.154. The molecule has 1 atom stereocenters. The molecule has 1 aliphatic rings. The fourth-order valence-corrected chi connectivity index (χ4v) is 2.18. The van der Waals surface area contributed by atoms with Crippen molar-refractivity contribution < 1.29 is 9.59 Å². The highest BCUT2D eigenvalue weighted by molar-refractivity contribution is 5.88. The van der Waals surface area contributed by atoms with Crippen LogP contribution in [0.1, 0.15) is 33.1 Å². The molecule has 2 N–H and O–H groups in total. The summed E-state index contributed by atoms with van der Waals surface area (Å²) in [6.07, 6.45) is 2.67. The molecule has 108 valence electrons. The summed E-state index contributed by atoms with van der Waals surface area (Å²) >= 11 is 0. The Morgan fingerprint density at radius 1 is 1.47 bits per heavy atom. The van der Waals surface area contributed by atoms with Crippen molar-refractivity contribution in [3.63, 3.8) is 0 Å². The second-order valence-corrected chi connectivity index (χ2v) is 5.17. The maximum atomic E-state index is 12.0. The first-order valence-corrected chi connectivity index (χ1v) is 6.96. The van der Waals surface area contributed by atoms with Gasteiger partial charge >= 0.3 is 0 Å². The van der Waals surface area contributed by atoms with E-state index in [1.54, 1.807) is 0 Å². The molecule has 0 aromatic heterocycles. The van der Waals surface area contributed by atoms with Crippen molar-refractivity contribution in [3.8, 4) is 0 Å². The molecule has 1 saturated heterocycles. The van der Waals surface area contributed by atoms with E-state index in [-0.39, 0.29) is 17.9 Å². The van der Waals surface area contributed by atoms with Crippen LogP contribution in [0.2, 0.25) is 0 Å². The minimum Gasteiger partial charge on any atom is -0.354 e. The van der Waals surface area contributed by atoms with Crippen LogP contribution in [0.25, 0.3) is 0 Å². The molecule has 0 saturated carbocycles. The summed E-state index contributed by atoms with van der Waals surface area (Å²) in [7, 11) is 0. The molecule has 1 rings (SSSR count). The second-order valence-electron chi connectivity index (χ2n) is 5.17. The van der Waals surface area contributed by atoms with E-state index < -0.39 is 0 Å². The third-order valence-electron chi connectivity index (χ3n) is 3.18. The molecule has 0 aromatic carbocycles. The van der Waals surface area contributed by atoms with Crippen LogP contribution < -0.4 is 10.6 Å². The maximum Gasteiger partial charge on any atom is 0.242 e. The predicted octanol–water partition coefficient (Wildman–Crippen LogP) is 0.669. The SMILES string of the molecule is C=C(C)CN(CC)CC(=O)N[C@H]1CCCCNC1=O. The Balaban J connectivity index is 2.44. The van der Waals surface area contributed by atoms with Gasteiger partial charge in [-0.15, -0.1) is 0 Å². The van der Waals surface area contributed by atoms with E-state index in [1.165, 1.54) is 0 Å². The Bertz CT molecular complexity index is 342. The Hall–Kier alpha value is -1.36. The Morgan fingerprint density at radius 2 is 2.21 bits per heavy atom. The maximum absolute atomic E-state index is 12.0. The topological polar surface area (TPSA) is 61.4 Å². The van der Waals surface area contributed by atoms with Crippen LogP contribution in [0.5, 0.6) is 0 Å². The Labute approximate surface area is 115 Å². The summed E-state index contributed by atoms with van der Waals surface area (Å²) in [4.78, 5) is 25.7. The summed E-state index contributed by atoms with van der Waals surface area (Å²) in [6.45, 7) is 10.3. The summed E-state index contributed by atoms with van der Waals surface area (Å²) in [6, 6.07) is -0.376. The highest BCUT2D eigenvalue weighted by Gasteiger charge is 2.22. The van der Waals surface area contributed by atoms with Crippen LogP contribution in [0.15, 0.2) is 12.2 Å². The van der Waals surface area contributed by atoms with Crippen molar-refractivity contribution in [1.82, 2.24) is 15.5 Å². The van der Waals surface area contributed by atoms with Crippen LogP contribution in [0.3, 0.4) is 0 Å². The van der Waals surface area contributed by atoms with Gasteiger partial charge in [-0.1, -0.05) is 19.1 Å². The van der Waals surface area contributed by atoms with Gasteiger partial charge in [-0.2, -0.15) is 0 Å². The van der Waals surface area contributed by atoms with Crippen molar-refractivity contribution >= 4 is 11.8 Å². The first kappa shape index (κ1) is 15.7. The van der Waals surface area contributed by atoms with Crippen molar-refractivity contribution in [3.05, 3.63) is 12.2 Å². The van der Waals surface area contributed by atoms with Crippen molar-refractivity contribution in [2.75, 3.05) is 26.2 Å². The summed E-state index contributed by atoms with van der Waals surface area (Å²) in [5.41, 5.74) is 1.03. The average Bonchev–Trinajstić information content (AvgIpc) is 2.53. The zero-order valence-electron chi connectivity index (χ0n) is 12.0. The molecule has 0 bridgehead atoms. The van der Waals surface area contributed by atoms with Crippen molar-refractivity contribution in [2.45, 2.75) is 39.2 Å². The number of rotatable bonds is 6. The van der Waals surface area contributed by atoms with Crippen LogP contribution in [0, 0.1) is 0 Å². The largest absolute Gasteiger partial charge is 0.354 e. The molecular weight excluding hydrogens is 242 g/mol. The van der Waals surface area contributed by atoms with Crippen molar-refractivity contribution in [2.24, 2.45) is 0 Å². The number of likely N-dealkylation sites (N-methyl/N-ethyl adjacent to an activating group) is 1. The summed E-state index contributed by atoms with van der Waals surface area (Å²) in [5, 5.41) is 5.64. The molecule has 0 aliphatic carbocycles. The number of hydrogen-bond donors (Lipinski definition) is 2. The van der Waals surface area contributed by atoms with Crippen LogP contribution in [-0.4, -0.2) is 48.9 Å². The lowest BCUT2D eigenvalue weighted by Crippen LogP contribution is -2.48. The lowest BCUT2D eigenvalue weighted by Gasteiger charge is -2.22. The van der Waals surface area contributed by atoms with E-state index in [2.05, 4.69) is 17.2 Å². The number of nitrogens with one attached hydrogen (secondary N) is 2. The minimum atomic E-state index is -0.376. The third kappa shape index (κ3) is 5.87. The zero-order chi connectivity index (χ0) is 14.3. The van der Waals surface area contributed by atoms with Gasteiger partial charge in [-0.05, 0) is 32.7 Å². The molecule has 1 fully saturated rings. The van der Waals surface area contributed by atoms with Gasteiger partial charge in [-0.3, -0.25) is 14.5 Å². The fourth-order valence-electron chi connectivity index (χ4n) is 2.18. The van der Waals surface area contributed by atoms with Gasteiger partial charge in [0.2, 0.25) is 11.8 Å². The Kier molecular flexibility index (Phi) is 6.56. The van der Waals surface area contributed by atoms with Gasteiger partial charge in [0.15, 0.2) is 0 Å². The van der Waals surface area contributed by atoms with E-state index in [0.29, 0.717) is 19.6 Å². The number of carbonyl (C=O) groups excluding carboxylic acids is 2. The molecule has 2 amide bonds. The second kappa shape index (κ2) is 7.94. The highest BCUT2D eigenvalue weighted by Crippen LogP contribution is 2.05. The first-order valence-electron chi connectivity index (χ1n) is 6.96. The quantitative estimate of drug-likeness (QED) is 0.695. The molecule has 0 unspecified atom stereocenters. The van der Waals surface area contributed by atoms with Gasteiger partial charge < -0.3 is 10.6 Å². The van der Waals surface area contributed by atoms with E-state index in [9.17, 15) is 9.59 Å². The fraction of sp³-hybridized carbons (Fsp3) is 0.714. The molecule has 19 heavy (non-hydrogen) atoms. The van der Waals surface area contributed by atoms with Crippen LogP contribution in [-0.2, 0) is 9.59 Å². The molecule has 1 heterocycles. The van der Waals surface area contributed by atoms with Gasteiger partial charge in [0.05, 0.1) is 6.54 Å². The van der Waals surface area contributed by atoms with E-state index in [1.807, 2.05) is 18.7 Å². The lowest BCUT2D eigenvalue weighted by atomic mass is 10.1. The molecular formula is C14H25N3O2. The van der Waals surface area contributed by atoms with Gasteiger partial charge in [0.1, 0.15) is 6.04 Å². The summed E-state index contributed by atoms with van der Waals surface area (Å²) < 4.78 is 0. The van der Waals surface area contributed by atoms with Crippen LogP contribution >= 0.6 is 0 Å². The van der Waals surface area contributed by atoms with Gasteiger partial charge in [-0.25, -0.2) is 0 Å². The normalized spacial score (nSPS) is 19.7. The van der Waals surface area contributed by atoms with E-state index >= 15 is 0 Å². The number of carbonyl (C=O) groups is 2. The van der Waals surface area contributed by atoms with Crippen LogP contribution in [0.4, 0.5) is 0 Å². The first-order chi connectivity index (χ1) is 9.02. The number of amides is 2. The third-order valence-corrected chi connectivity index (χ3v) is 3.18. The minimum absolute atomic E-state index is 0.0613. The molecule has 5 heteroatoms. The monoisotopic (exact) mass is 267 g/mol. The molecule has 1 aliphatic heterocycles. The Morgan fingerprint density at radius 3 is 2.84 bits per heavy atom. The zero-order valence-corrected chi connectivity index (χ0v) is 12.0. The number of hydrogen-bond acceptors (Lipinski definition) is 3. The smallest absolute Gasteiger partial charge is 0.242 e. The molecule has 0 aromatic rings. The predicted molar refractivity (Wildman–Crippen MR) is 75.7 cm³/mol. The molecule has 0 radical (unpaired) electrons. The average molecular weight is 267 g/mol. The van der Waals surface area contributed by atoms with E-state index in [4.69, 9.17) is 0 Å². The number of nitrogens with zero attached hydrogens (tertiary/aromatic N) is 1. The molecule has 0 spiro atoms. The lowest BCUT2D eigenvalue weighted by molar-refractivity contribution is -0.129. The van der Waals surface area contributed by atoms with Gasteiger partial charge in [0, 0.05) is 13.1 Å². The standard InChI is InChI=1S/C14H25N3O2/c1-4-17(9-11(2)3)10-13(18)16-12-7-5-6-8-15-14(12)19/h12H,2,4-10H2,1,3H3,(H,15,19)(H,16,18)/t12-/m0/s1. The van der Waals surface area contributed by atoms with Gasteiger partial charge in [0.25, 0.3) is 0 Å².